The third-order valence-electron chi connectivity index (χ3n) is 16.5. The summed E-state index contributed by atoms with van der Waals surface area (Å²) in [5.74, 6) is 10.5. The van der Waals surface area contributed by atoms with Crippen LogP contribution >= 0.6 is 55.9 Å². The SMILES string of the molecule is CCN[C@H]1CO[C@@H](O[C@H]2[C@H](O[C@H]3C#C/C=C\C#C[C@]4(O)CC(=O)C(CC(C)=O)=C3/C4=C\CSSC(C)(C)C3NC(=O)NC3=O)O[C@H](C)[C@@H](NO[C@H]3C[C@H](O)[C@H](SC(=O)c4c(C)c(I)c(O[C@@H]5O[C@@H](C)[C@H](O)[C@@H](OC)[C@H]5O)c(OC)c4OC)[C@@H](C)O3)[C@@H]2O)C[C@@H]1OC. The fourth-order valence-electron chi connectivity index (χ4n) is 11.8. The van der Waals surface area contributed by atoms with Gasteiger partial charge in [-0.2, -0.15) is 5.48 Å². The van der Waals surface area contributed by atoms with E-state index < -0.39 is 149 Å². The molecular formula is C61H81IN4O22S3. The van der Waals surface area contributed by atoms with Gasteiger partial charge in [0.2, 0.25) is 17.2 Å². The number of Topliss-reactive ketones (excluding diaryl/α,β-unsaturated/α-hetero) is 2. The largest absolute Gasteiger partial charge is 0.492 e. The van der Waals surface area contributed by atoms with Crippen LogP contribution in [0.3, 0.4) is 0 Å². The van der Waals surface area contributed by atoms with Crippen molar-refractivity contribution in [3.8, 4) is 40.9 Å². The highest BCUT2D eigenvalue weighted by Gasteiger charge is 2.52. The zero-order valence-corrected chi connectivity index (χ0v) is 57.0. The summed E-state index contributed by atoms with van der Waals surface area (Å²) < 4.78 is 67.1. The molecule has 0 radical (unpaired) electrons. The minimum atomic E-state index is -2.12. The number of hydrogen-bond acceptors (Lipinski definition) is 27. The highest BCUT2D eigenvalue weighted by atomic mass is 127. The standard InChI is InChI=1S/C61H81IN4O22S3/c1-13-63-34-26-81-39(24-38(34)77-9)86-51-46(71)44(66-88-40-23-35(68)53(31(6)82-40)90-56(74)41-28(3)43(62)49(52(80-12)48(41)78-10)87-57-47(72)50(79-11)45(70)30(5)84-57)29(4)83-58(51)85-37-18-16-14-15-17-20-61(76)25-36(69)32(22-27(2)67)42(37)33(61)19-21-89-91-60(7,8)54-55(73)65-59(75)64-54/h14-15,19,29-31,34-35,37-40,44-47,50-51,53-54,57-58,63,66,68,70-72,76H,13,21-26H2,1-12H3,(H2,64,65,73,75)/b15-14-,33-19+/t29-,30+,31-,34+,35+,37+,38+,39+,40+,44-,45+,46+,47-,50-,51-,53-,54?,57+,58+,61+/m1/s1. The molecule has 91 heavy (non-hydrogen) atoms. The van der Waals surface area contributed by atoms with Gasteiger partial charge in [0.25, 0.3) is 5.91 Å². The number of carbonyl (C=O) groups excluding carboxylic acids is 5. The number of ether oxygens (including phenoxy) is 11. The van der Waals surface area contributed by atoms with E-state index in [9.17, 15) is 49.5 Å². The van der Waals surface area contributed by atoms with E-state index in [-0.39, 0.29) is 83.0 Å². The molecule has 5 saturated heterocycles. The number of benzene rings is 1. The van der Waals surface area contributed by atoms with Crippen LogP contribution in [0.2, 0.25) is 0 Å². The minimum absolute atomic E-state index is 0.0168. The Balaban J connectivity index is 1.02. The van der Waals surface area contributed by atoms with E-state index in [2.05, 4.69) is 45.1 Å². The smallest absolute Gasteiger partial charge is 0.322 e. The number of aliphatic hydroxyl groups excluding tert-OH is 4. The van der Waals surface area contributed by atoms with Crippen molar-refractivity contribution in [1.82, 2.24) is 21.4 Å². The van der Waals surface area contributed by atoms with Crippen molar-refractivity contribution in [2.45, 2.75) is 207 Å². The van der Waals surface area contributed by atoms with Gasteiger partial charge in [-0.05, 0) is 95.3 Å². The first-order valence-corrected chi connectivity index (χ1v) is 33.9. The van der Waals surface area contributed by atoms with Crippen molar-refractivity contribution in [1.29, 1.82) is 0 Å². The van der Waals surface area contributed by atoms with Crippen molar-refractivity contribution < 1.29 is 106 Å². The Kier molecular flexibility index (Phi) is 25.4. The lowest BCUT2D eigenvalue weighted by molar-refractivity contribution is -0.336. The zero-order valence-electron chi connectivity index (χ0n) is 52.4. The number of hydrogen-bond donors (Lipinski definition) is 9. The van der Waals surface area contributed by atoms with E-state index in [1.165, 1.54) is 62.0 Å². The summed E-state index contributed by atoms with van der Waals surface area (Å²) in [6, 6.07) is -2.76. The van der Waals surface area contributed by atoms with Gasteiger partial charge in [0, 0.05) is 56.0 Å². The number of urea groups is 1. The third-order valence-corrected chi connectivity index (χ3v) is 22.3. The Labute approximate surface area is 554 Å². The van der Waals surface area contributed by atoms with Crippen LogP contribution < -0.4 is 35.6 Å². The number of hydroxylamine groups is 1. The van der Waals surface area contributed by atoms with Gasteiger partial charge in [-0.3, -0.25) is 29.3 Å². The van der Waals surface area contributed by atoms with Gasteiger partial charge in [0.05, 0.1) is 89.0 Å². The number of allylic oxidation sites excluding steroid dienone is 3. The van der Waals surface area contributed by atoms with E-state index in [4.69, 9.17) is 56.9 Å². The predicted octanol–water partition coefficient (Wildman–Crippen LogP) is 2.57. The number of thioether (sulfide) groups is 1. The molecule has 1 aromatic carbocycles. The molecule has 5 fully saturated rings. The molecule has 8 rings (SSSR count). The third kappa shape index (κ3) is 16.5. The first-order valence-electron chi connectivity index (χ1n) is 29.6. The predicted molar refractivity (Wildman–Crippen MR) is 340 cm³/mol. The number of methoxy groups -OCH3 is 4. The van der Waals surface area contributed by atoms with Crippen LogP contribution in [0.15, 0.2) is 34.9 Å². The van der Waals surface area contributed by atoms with Crippen LogP contribution in [0.5, 0.6) is 17.2 Å². The Bertz CT molecular complexity index is 3090. The van der Waals surface area contributed by atoms with Crippen molar-refractivity contribution >= 4 is 84.6 Å². The molecule has 2 bridgehead atoms. The molecule has 2 aliphatic carbocycles. The quantitative estimate of drug-likeness (QED) is 0.0179. The molecule has 7 aliphatic rings. The number of fused-ring (bicyclic) bond motifs is 2. The van der Waals surface area contributed by atoms with Crippen molar-refractivity contribution in [3.05, 3.63) is 49.6 Å². The summed E-state index contributed by atoms with van der Waals surface area (Å²) in [6.45, 7) is 14.3. The number of rotatable bonds is 24. The number of halogens is 1. The lowest BCUT2D eigenvalue weighted by Crippen LogP contribution is -2.65. The first kappa shape index (κ1) is 72.9. The second kappa shape index (κ2) is 31.7. The molecule has 502 valence electrons. The Hall–Kier alpha value is -3.95. The maximum absolute atomic E-state index is 14.5. The van der Waals surface area contributed by atoms with Gasteiger partial charge in [-0.1, -0.05) is 70.0 Å². The van der Waals surface area contributed by atoms with Crippen LogP contribution in [0.1, 0.15) is 90.1 Å². The van der Waals surface area contributed by atoms with E-state index in [0.717, 1.165) is 11.8 Å². The average Bonchev–Trinajstić information content (AvgIpc) is 1.29. The number of likely N-dealkylation sites (N-methyl/N-ethyl adjacent to an activating group) is 1. The summed E-state index contributed by atoms with van der Waals surface area (Å²) in [4.78, 5) is 72.7. The maximum Gasteiger partial charge on any atom is 0.322 e. The second-order valence-corrected chi connectivity index (χ2v) is 28.5. The number of imide groups is 1. The number of amides is 3. The fourth-order valence-corrected chi connectivity index (χ4v) is 16.0. The molecule has 1 aromatic rings. The van der Waals surface area contributed by atoms with Crippen LogP contribution in [0.25, 0.3) is 0 Å². The van der Waals surface area contributed by atoms with Gasteiger partial charge in [0.1, 0.15) is 48.4 Å². The van der Waals surface area contributed by atoms with Gasteiger partial charge >= 0.3 is 6.03 Å². The average molecular weight is 1450 g/mol. The van der Waals surface area contributed by atoms with Crippen LogP contribution in [0.4, 0.5) is 4.79 Å². The molecule has 9 N–H and O–H groups in total. The molecule has 30 heteroatoms. The molecule has 26 nitrogen and oxygen atoms in total. The van der Waals surface area contributed by atoms with Gasteiger partial charge in [-0.15, -0.1) is 0 Å². The highest BCUT2D eigenvalue weighted by molar-refractivity contribution is 14.1. The van der Waals surface area contributed by atoms with Crippen LogP contribution in [0, 0.1) is 34.2 Å². The highest BCUT2D eigenvalue weighted by Crippen LogP contribution is 2.49. The monoisotopic (exact) mass is 1440 g/mol. The lowest BCUT2D eigenvalue weighted by Gasteiger charge is -2.46. The second-order valence-electron chi connectivity index (χ2n) is 23.3. The lowest BCUT2D eigenvalue weighted by atomic mass is 9.72. The summed E-state index contributed by atoms with van der Waals surface area (Å²) in [5, 5.41) is 65.5. The first-order chi connectivity index (χ1) is 43.2. The number of nitrogens with one attached hydrogen (secondary N) is 4. The van der Waals surface area contributed by atoms with Gasteiger partial charge in [-0.25, -0.2) is 4.79 Å². The van der Waals surface area contributed by atoms with E-state index in [1.54, 1.807) is 54.7 Å². The maximum atomic E-state index is 14.5. The van der Waals surface area contributed by atoms with Crippen LogP contribution in [-0.2, 0) is 57.1 Å². The Morgan fingerprint density at radius 1 is 0.890 bits per heavy atom. The molecule has 5 aliphatic heterocycles. The van der Waals surface area contributed by atoms with E-state index in [0.29, 0.717) is 15.7 Å². The summed E-state index contributed by atoms with van der Waals surface area (Å²) in [6.07, 6.45) is -13.5. The number of carbonyl (C=O) groups is 5. The van der Waals surface area contributed by atoms with Crippen LogP contribution in [-0.4, -0.2) is 228 Å². The molecule has 20 atom stereocenters. The molecular weight excluding hydrogens is 1360 g/mol. The Morgan fingerprint density at radius 2 is 1.60 bits per heavy atom. The van der Waals surface area contributed by atoms with Gasteiger partial charge < -0.3 is 88.3 Å². The molecule has 5 heterocycles. The van der Waals surface area contributed by atoms with E-state index in [1.807, 2.05) is 29.5 Å². The fraction of sp³-hybridized carbons (Fsp3) is 0.656. The zero-order chi connectivity index (χ0) is 66.4. The summed E-state index contributed by atoms with van der Waals surface area (Å²) in [5.41, 5.74) is 1.55. The molecule has 0 aromatic heterocycles. The van der Waals surface area contributed by atoms with E-state index >= 15 is 0 Å². The summed E-state index contributed by atoms with van der Waals surface area (Å²) in [7, 11) is 8.23. The van der Waals surface area contributed by atoms with Crippen molar-refractivity contribution in [2.75, 3.05) is 47.3 Å². The molecule has 3 amide bonds. The summed E-state index contributed by atoms with van der Waals surface area (Å²) >= 11 is 2.81. The Morgan fingerprint density at radius 3 is 2.25 bits per heavy atom. The van der Waals surface area contributed by atoms with Crippen molar-refractivity contribution in [3.63, 3.8) is 0 Å². The normalized spacial score (nSPS) is 35.9. The number of ketones is 2. The molecule has 0 saturated carbocycles. The van der Waals surface area contributed by atoms with Gasteiger partial charge in [0.15, 0.2) is 41.8 Å². The molecule has 1 unspecified atom stereocenters. The topological polar surface area (TPSA) is 345 Å². The minimum Gasteiger partial charge on any atom is -0.492 e. The molecule has 0 spiro atoms. The number of aliphatic hydroxyl groups is 5. The van der Waals surface area contributed by atoms with Crippen molar-refractivity contribution in [2.24, 2.45) is 0 Å².